The van der Waals surface area contributed by atoms with Gasteiger partial charge in [-0.3, -0.25) is 4.79 Å². The predicted octanol–water partition coefficient (Wildman–Crippen LogP) is 2.09. The lowest BCUT2D eigenvalue weighted by Gasteiger charge is -2.08. The summed E-state index contributed by atoms with van der Waals surface area (Å²) < 4.78 is 4.91. The van der Waals surface area contributed by atoms with E-state index in [1.165, 1.54) is 12.3 Å². The van der Waals surface area contributed by atoms with Gasteiger partial charge < -0.3 is 15.8 Å². The molecule has 0 atom stereocenters. The molecule has 1 aromatic carbocycles. The van der Waals surface area contributed by atoms with Gasteiger partial charge in [-0.15, -0.1) is 0 Å². The van der Waals surface area contributed by atoms with E-state index in [9.17, 15) is 9.59 Å². The fourth-order valence-electron chi connectivity index (χ4n) is 1.74. The fourth-order valence-corrected chi connectivity index (χ4v) is 1.74. The minimum atomic E-state index is -0.439. The van der Waals surface area contributed by atoms with Gasteiger partial charge in [0.25, 0.3) is 5.91 Å². The van der Waals surface area contributed by atoms with E-state index in [2.05, 4.69) is 10.3 Å². The highest BCUT2D eigenvalue weighted by Gasteiger charge is 2.12. The van der Waals surface area contributed by atoms with Crippen molar-refractivity contribution in [3.05, 3.63) is 53.9 Å². The highest BCUT2D eigenvalue weighted by molar-refractivity contribution is 6.06. The lowest BCUT2D eigenvalue weighted by Crippen LogP contribution is -2.16. The van der Waals surface area contributed by atoms with Crippen LogP contribution in [-0.2, 0) is 4.74 Å². The van der Waals surface area contributed by atoms with Crippen LogP contribution in [0.4, 0.5) is 11.4 Å². The molecule has 0 spiro atoms. The van der Waals surface area contributed by atoms with Crippen LogP contribution in [0, 0.1) is 0 Å². The molecule has 6 nitrogen and oxygen atoms in total. The molecule has 3 N–H and O–H groups in total. The maximum atomic E-state index is 12.1. The number of amides is 1. The number of hydrogen-bond donors (Lipinski definition) is 2. The number of rotatable bonds is 4. The zero-order valence-corrected chi connectivity index (χ0v) is 11.5. The van der Waals surface area contributed by atoms with E-state index >= 15 is 0 Å². The highest BCUT2D eigenvalue weighted by atomic mass is 16.5. The van der Waals surface area contributed by atoms with E-state index in [0.29, 0.717) is 17.9 Å². The molecule has 2 aromatic rings. The summed E-state index contributed by atoms with van der Waals surface area (Å²) in [6, 6.07) is 9.71. The summed E-state index contributed by atoms with van der Waals surface area (Å²) in [5, 5.41) is 2.65. The number of carbonyl (C=O) groups is 2. The van der Waals surface area contributed by atoms with Crippen molar-refractivity contribution < 1.29 is 14.3 Å². The Hall–Kier alpha value is -2.89. The minimum Gasteiger partial charge on any atom is -0.462 e. The van der Waals surface area contributed by atoms with Crippen LogP contribution < -0.4 is 11.1 Å². The molecule has 21 heavy (non-hydrogen) atoms. The molecule has 108 valence electrons. The Bertz CT molecular complexity index is 671. The Balaban J connectivity index is 2.17. The normalized spacial score (nSPS) is 9.95. The molecule has 1 amide bonds. The van der Waals surface area contributed by atoms with Crippen LogP contribution in [0.5, 0.6) is 0 Å². The number of carbonyl (C=O) groups excluding carboxylic acids is 2. The van der Waals surface area contributed by atoms with E-state index in [-0.39, 0.29) is 11.4 Å². The zero-order chi connectivity index (χ0) is 15.2. The number of benzene rings is 1. The van der Waals surface area contributed by atoms with Crippen LogP contribution >= 0.6 is 0 Å². The second-order valence-corrected chi connectivity index (χ2v) is 4.20. The molecule has 0 unspecified atom stereocenters. The Morgan fingerprint density at radius 1 is 1.29 bits per heavy atom. The van der Waals surface area contributed by atoms with Gasteiger partial charge in [-0.05, 0) is 37.3 Å². The first-order valence-electron chi connectivity index (χ1n) is 6.41. The van der Waals surface area contributed by atoms with Gasteiger partial charge in [0.2, 0.25) is 0 Å². The van der Waals surface area contributed by atoms with Crippen molar-refractivity contribution >= 4 is 23.3 Å². The number of ether oxygens (including phenoxy) is 1. The maximum absolute atomic E-state index is 12.1. The third kappa shape index (κ3) is 3.56. The summed E-state index contributed by atoms with van der Waals surface area (Å²) in [5.74, 6) is -0.875. The zero-order valence-electron chi connectivity index (χ0n) is 11.5. The minimum absolute atomic E-state index is 0.138. The van der Waals surface area contributed by atoms with Crippen LogP contribution in [-0.4, -0.2) is 23.5 Å². The number of hydrogen-bond acceptors (Lipinski definition) is 5. The van der Waals surface area contributed by atoms with E-state index in [1.54, 1.807) is 37.3 Å². The summed E-state index contributed by atoms with van der Waals surface area (Å²) in [6.07, 6.45) is 1.49. The topological polar surface area (TPSA) is 94.3 Å². The molecule has 1 heterocycles. The number of anilines is 2. The summed E-state index contributed by atoms with van der Waals surface area (Å²) >= 11 is 0. The third-order valence-corrected chi connectivity index (χ3v) is 2.69. The smallest absolute Gasteiger partial charge is 0.338 e. The second kappa shape index (κ2) is 6.51. The maximum Gasteiger partial charge on any atom is 0.338 e. The van der Waals surface area contributed by atoms with Gasteiger partial charge in [-0.1, -0.05) is 6.07 Å². The summed E-state index contributed by atoms with van der Waals surface area (Å²) in [7, 11) is 0. The SMILES string of the molecule is CCOC(=O)c1cccc(NC(=O)c2ncccc2N)c1. The molecule has 0 fully saturated rings. The first kappa shape index (κ1) is 14.5. The average molecular weight is 285 g/mol. The molecule has 2 rings (SSSR count). The van der Waals surface area contributed by atoms with E-state index in [0.717, 1.165) is 0 Å². The van der Waals surface area contributed by atoms with Gasteiger partial charge >= 0.3 is 5.97 Å². The van der Waals surface area contributed by atoms with Crippen molar-refractivity contribution in [3.8, 4) is 0 Å². The molecule has 0 aliphatic rings. The van der Waals surface area contributed by atoms with E-state index in [4.69, 9.17) is 10.5 Å². The number of pyridine rings is 1. The Morgan fingerprint density at radius 2 is 2.10 bits per heavy atom. The van der Waals surface area contributed by atoms with Gasteiger partial charge in [0.1, 0.15) is 0 Å². The van der Waals surface area contributed by atoms with Crippen molar-refractivity contribution in [1.29, 1.82) is 0 Å². The molecule has 0 saturated carbocycles. The molecular weight excluding hydrogens is 270 g/mol. The average Bonchev–Trinajstić information content (AvgIpc) is 2.48. The molecular formula is C15H15N3O3. The highest BCUT2D eigenvalue weighted by Crippen LogP contribution is 2.14. The second-order valence-electron chi connectivity index (χ2n) is 4.20. The number of nitrogens with two attached hydrogens (primary N) is 1. The number of aromatic nitrogens is 1. The molecule has 0 bridgehead atoms. The largest absolute Gasteiger partial charge is 0.462 e. The van der Waals surface area contributed by atoms with Crippen molar-refractivity contribution in [1.82, 2.24) is 4.98 Å². The van der Waals surface area contributed by atoms with Crippen molar-refractivity contribution in [2.75, 3.05) is 17.7 Å². The Kier molecular flexibility index (Phi) is 4.50. The predicted molar refractivity (Wildman–Crippen MR) is 79.0 cm³/mol. The van der Waals surface area contributed by atoms with E-state index in [1.807, 2.05) is 0 Å². The van der Waals surface area contributed by atoms with Crippen molar-refractivity contribution in [2.45, 2.75) is 6.92 Å². The number of nitrogens with one attached hydrogen (secondary N) is 1. The molecule has 0 radical (unpaired) electrons. The number of nitrogen functional groups attached to an aromatic ring is 1. The lowest BCUT2D eigenvalue weighted by molar-refractivity contribution is 0.0526. The van der Waals surface area contributed by atoms with Gasteiger partial charge in [-0.25, -0.2) is 9.78 Å². The van der Waals surface area contributed by atoms with Crippen LogP contribution in [0.15, 0.2) is 42.6 Å². The van der Waals surface area contributed by atoms with Crippen LogP contribution in [0.1, 0.15) is 27.8 Å². The molecule has 0 aliphatic carbocycles. The van der Waals surface area contributed by atoms with Crippen LogP contribution in [0.25, 0.3) is 0 Å². The van der Waals surface area contributed by atoms with Crippen LogP contribution in [0.2, 0.25) is 0 Å². The van der Waals surface area contributed by atoms with Gasteiger partial charge in [-0.2, -0.15) is 0 Å². The van der Waals surface area contributed by atoms with Crippen LogP contribution in [0.3, 0.4) is 0 Å². The summed E-state index contributed by atoms with van der Waals surface area (Å²) in [5.41, 5.74) is 6.95. The van der Waals surface area contributed by atoms with Crippen molar-refractivity contribution in [3.63, 3.8) is 0 Å². The lowest BCUT2D eigenvalue weighted by atomic mass is 10.2. The van der Waals surface area contributed by atoms with Gasteiger partial charge in [0, 0.05) is 11.9 Å². The van der Waals surface area contributed by atoms with Crippen molar-refractivity contribution in [2.24, 2.45) is 0 Å². The molecule has 0 aliphatic heterocycles. The van der Waals surface area contributed by atoms with Gasteiger partial charge in [0.05, 0.1) is 17.9 Å². The monoisotopic (exact) mass is 285 g/mol. The third-order valence-electron chi connectivity index (χ3n) is 2.69. The standard InChI is InChI=1S/C15H15N3O3/c1-2-21-15(20)10-5-3-6-11(9-10)18-14(19)13-12(16)7-4-8-17-13/h3-9H,2,16H2,1H3,(H,18,19). The number of esters is 1. The van der Waals surface area contributed by atoms with E-state index < -0.39 is 11.9 Å². The summed E-state index contributed by atoms with van der Waals surface area (Å²) in [4.78, 5) is 27.6. The molecule has 1 aromatic heterocycles. The number of nitrogens with zero attached hydrogens (tertiary/aromatic N) is 1. The quantitative estimate of drug-likeness (QED) is 0.839. The Morgan fingerprint density at radius 3 is 2.81 bits per heavy atom. The Labute approximate surface area is 121 Å². The summed E-state index contributed by atoms with van der Waals surface area (Å²) in [6.45, 7) is 2.02. The first-order chi connectivity index (χ1) is 10.1. The van der Waals surface area contributed by atoms with Gasteiger partial charge in [0.15, 0.2) is 5.69 Å². The fraction of sp³-hybridized carbons (Fsp3) is 0.133. The first-order valence-corrected chi connectivity index (χ1v) is 6.41. The molecule has 0 saturated heterocycles. The molecule has 6 heteroatoms.